The van der Waals surface area contributed by atoms with Gasteiger partial charge in [0.05, 0.1) is 6.04 Å². The lowest BCUT2D eigenvalue weighted by atomic mass is 9.99. The van der Waals surface area contributed by atoms with Gasteiger partial charge in [-0.05, 0) is 24.8 Å². The molecule has 1 saturated heterocycles. The number of benzene rings is 1. The van der Waals surface area contributed by atoms with E-state index in [1.54, 1.807) is 4.90 Å². The van der Waals surface area contributed by atoms with E-state index in [-0.39, 0.29) is 17.9 Å². The Hall–Kier alpha value is -1.64. The molecule has 3 nitrogen and oxygen atoms in total. The Morgan fingerprint density at radius 1 is 1.44 bits per heavy atom. The van der Waals surface area contributed by atoms with E-state index in [1.807, 2.05) is 37.3 Å². The van der Waals surface area contributed by atoms with Crippen molar-refractivity contribution in [3.63, 3.8) is 0 Å². The van der Waals surface area contributed by atoms with Gasteiger partial charge in [0, 0.05) is 12.5 Å². The summed E-state index contributed by atoms with van der Waals surface area (Å²) in [5.41, 5.74) is 1.17. The Morgan fingerprint density at radius 3 is 2.83 bits per heavy atom. The van der Waals surface area contributed by atoms with E-state index in [4.69, 9.17) is 0 Å². The number of aldehydes is 1. The fraction of sp³-hybridized carbons (Fsp3) is 0.467. The molecule has 0 spiro atoms. The number of rotatable bonds is 4. The van der Waals surface area contributed by atoms with Crippen LogP contribution in [0.25, 0.3) is 0 Å². The first-order valence-electron chi connectivity index (χ1n) is 6.52. The van der Waals surface area contributed by atoms with Gasteiger partial charge in [0.1, 0.15) is 6.29 Å². The third kappa shape index (κ3) is 2.78. The van der Waals surface area contributed by atoms with Gasteiger partial charge >= 0.3 is 0 Å². The van der Waals surface area contributed by atoms with E-state index >= 15 is 0 Å². The van der Waals surface area contributed by atoms with Crippen molar-refractivity contribution in [1.29, 1.82) is 0 Å². The topological polar surface area (TPSA) is 37.4 Å². The van der Waals surface area contributed by atoms with Crippen molar-refractivity contribution in [3.05, 3.63) is 35.9 Å². The Bertz CT molecular complexity index is 416. The molecule has 1 heterocycles. The predicted octanol–water partition coefficient (Wildman–Crippen LogP) is 2.06. The number of carbonyl (C=O) groups is 2. The summed E-state index contributed by atoms with van der Waals surface area (Å²) < 4.78 is 0. The van der Waals surface area contributed by atoms with E-state index in [9.17, 15) is 9.59 Å². The third-order valence-corrected chi connectivity index (χ3v) is 3.55. The number of carbonyl (C=O) groups excluding carboxylic acids is 2. The summed E-state index contributed by atoms with van der Waals surface area (Å²) in [6.07, 6.45) is 3.39. The monoisotopic (exact) mass is 245 g/mol. The van der Waals surface area contributed by atoms with Gasteiger partial charge in [-0.1, -0.05) is 37.3 Å². The molecule has 96 valence electrons. The van der Waals surface area contributed by atoms with Crippen LogP contribution in [-0.4, -0.2) is 29.7 Å². The molecule has 1 aromatic rings. The average molecular weight is 245 g/mol. The van der Waals surface area contributed by atoms with Gasteiger partial charge in [-0.3, -0.25) is 4.79 Å². The zero-order chi connectivity index (χ0) is 13.0. The second kappa shape index (κ2) is 5.80. The van der Waals surface area contributed by atoms with Gasteiger partial charge in [0.15, 0.2) is 0 Å². The Morgan fingerprint density at radius 2 is 2.17 bits per heavy atom. The summed E-state index contributed by atoms with van der Waals surface area (Å²) in [5, 5.41) is 0. The molecule has 0 saturated carbocycles. The molecule has 2 unspecified atom stereocenters. The van der Waals surface area contributed by atoms with E-state index in [1.165, 1.54) is 5.56 Å². The van der Waals surface area contributed by atoms with E-state index in [0.29, 0.717) is 0 Å². The fourth-order valence-corrected chi connectivity index (χ4v) is 2.55. The lowest BCUT2D eigenvalue weighted by molar-refractivity contribution is -0.137. The fourth-order valence-electron chi connectivity index (χ4n) is 2.55. The van der Waals surface area contributed by atoms with Gasteiger partial charge in [0.2, 0.25) is 5.91 Å². The molecule has 1 aliphatic rings. The van der Waals surface area contributed by atoms with Gasteiger partial charge in [0.25, 0.3) is 0 Å². The third-order valence-electron chi connectivity index (χ3n) is 3.55. The van der Waals surface area contributed by atoms with Crippen LogP contribution in [0.2, 0.25) is 0 Å². The molecule has 18 heavy (non-hydrogen) atoms. The van der Waals surface area contributed by atoms with Crippen LogP contribution in [0.3, 0.4) is 0 Å². The molecule has 3 heteroatoms. The van der Waals surface area contributed by atoms with Crippen LogP contribution in [0.5, 0.6) is 0 Å². The minimum Gasteiger partial charge on any atom is -0.333 e. The smallest absolute Gasteiger partial charge is 0.226 e. The van der Waals surface area contributed by atoms with Crippen molar-refractivity contribution in [3.8, 4) is 0 Å². The summed E-state index contributed by atoms with van der Waals surface area (Å²) in [4.78, 5) is 24.9. The first kappa shape index (κ1) is 12.8. The first-order valence-corrected chi connectivity index (χ1v) is 6.52. The van der Waals surface area contributed by atoms with Gasteiger partial charge in [-0.25, -0.2) is 0 Å². The molecule has 0 radical (unpaired) electrons. The molecule has 1 aliphatic heterocycles. The molecule has 2 atom stereocenters. The van der Waals surface area contributed by atoms with Crippen LogP contribution in [0.15, 0.2) is 30.3 Å². The van der Waals surface area contributed by atoms with Gasteiger partial charge < -0.3 is 9.69 Å². The maximum atomic E-state index is 12.3. The summed E-state index contributed by atoms with van der Waals surface area (Å²) in [7, 11) is 0. The molecule has 1 amide bonds. The van der Waals surface area contributed by atoms with Crippen molar-refractivity contribution in [2.24, 2.45) is 5.92 Å². The van der Waals surface area contributed by atoms with Crippen molar-refractivity contribution >= 4 is 12.2 Å². The number of likely N-dealkylation sites (tertiary alicyclic amines) is 1. The van der Waals surface area contributed by atoms with Crippen molar-refractivity contribution in [2.45, 2.75) is 32.2 Å². The Balaban J connectivity index is 1.98. The van der Waals surface area contributed by atoms with Gasteiger partial charge in [-0.15, -0.1) is 0 Å². The van der Waals surface area contributed by atoms with Crippen molar-refractivity contribution in [1.82, 2.24) is 4.90 Å². The highest BCUT2D eigenvalue weighted by atomic mass is 16.2. The molecule has 0 bridgehead atoms. The van der Waals surface area contributed by atoms with Crippen molar-refractivity contribution < 1.29 is 9.59 Å². The zero-order valence-electron chi connectivity index (χ0n) is 10.7. The first-order chi connectivity index (χ1) is 8.72. The van der Waals surface area contributed by atoms with Crippen LogP contribution < -0.4 is 0 Å². The summed E-state index contributed by atoms with van der Waals surface area (Å²) in [5.74, 6) is 0.0430. The van der Waals surface area contributed by atoms with Crippen LogP contribution in [0.4, 0.5) is 0 Å². The van der Waals surface area contributed by atoms with Crippen molar-refractivity contribution in [2.75, 3.05) is 6.54 Å². The van der Waals surface area contributed by atoms with Crippen LogP contribution in [0.1, 0.15) is 25.3 Å². The zero-order valence-corrected chi connectivity index (χ0v) is 10.7. The number of hydrogen-bond acceptors (Lipinski definition) is 2. The lowest BCUT2D eigenvalue weighted by Crippen LogP contribution is -2.40. The SMILES string of the molecule is CC(Cc1ccccc1)C(=O)N1CCCC1C=O. The summed E-state index contributed by atoms with van der Waals surface area (Å²) >= 11 is 0. The lowest BCUT2D eigenvalue weighted by Gasteiger charge is -2.24. The molecular weight excluding hydrogens is 226 g/mol. The molecule has 1 fully saturated rings. The Kier molecular flexibility index (Phi) is 4.13. The highest BCUT2D eigenvalue weighted by Crippen LogP contribution is 2.20. The number of nitrogens with zero attached hydrogens (tertiary/aromatic N) is 1. The average Bonchev–Trinajstić information content (AvgIpc) is 2.87. The normalized spacial score (nSPS) is 20.7. The maximum Gasteiger partial charge on any atom is 0.226 e. The summed E-state index contributed by atoms with van der Waals surface area (Å²) in [6, 6.07) is 9.80. The minimum absolute atomic E-state index is 0.0621. The quantitative estimate of drug-likeness (QED) is 0.761. The molecule has 0 aliphatic carbocycles. The molecule has 0 aromatic heterocycles. The second-order valence-corrected chi connectivity index (χ2v) is 4.97. The molecule has 0 N–H and O–H groups in total. The van der Waals surface area contributed by atoms with E-state index in [0.717, 1.165) is 32.1 Å². The van der Waals surface area contributed by atoms with Crippen LogP contribution in [0, 0.1) is 5.92 Å². The number of hydrogen-bond donors (Lipinski definition) is 0. The highest BCUT2D eigenvalue weighted by molar-refractivity contribution is 5.82. The molecule has 2 rings (SSSR count). The predicted molar refractivity (Wildman–Crippen MR) is 70.1 cm³/mol. The standard InChI is InChI=1S/C15H19NO2/c1-12(10-13-6-3-2-4-7-13)15(18)16-9-5-8-14(16)11-17/h2-4,6-7,11-12,14H,5,8-10H2,1H3. The molecule has 1 aromatic carbocycles. The summed E-state index contributed by atoms with van der Waals surface area (Å²) in [6.45, 7) is 2.66. The maximum absolute atomic E-state index is 12.3. The van der Waals surface area contributed by atoms with Crippen LogP contribution in [-0.2, 0) is 16.0 Å². The molecular formula is C15H19NO2. The number of amides is 1. The second-order valence-electron chi connectivity index (χ2n) is 4.97. The van der Waals surface area contributed by atoms with E-state index < -0.39 is 0 Å². The minimum atomic E-state index is -0.198. The Labute approximate surface area is 108 Å². The van der Waals surface area contributed by atoms with E-state index in [2.05, 4.69) is 0 Å². The van der Waals surface area contributed by atoms with Gasteiger partial charge in [-0.2, -0.15) is 0 Å². The highest BCUT2D eigenvalue weighted by Gasteiger charge is 2.30. The largest absolute Gasteiger partial charge is 0.333 e. The van der Waals surface area contributed by atoms with Crippen LogP contribution >= 0.6 is 0 Å².